The normalized spacial score (nSPS) is 15.1. The van der Waals surface area contributed by atoms with Crippen molar-refractivity contribution in [2.24, 2.45) is 17.8 Å². The maximum Gasteiger partial charge on any atom is 0.472 e. The molecule has 19 heteroatoms. The molecule has 0 aliphatic heterocycles. The number of carbonyl (C=O) groups is 4. The van der Waals surface area contributed by atoms with E-state index in [0.717, 1.165) is 120 Å². The van der Waals surface area contributed by atoms with Crippen molar-refractivity contribution in [2.45, 2.75) is 317 Å². The molecule has 0 aromatic heterocycles. The van der Waals surface area contributed by atoms with Gasteiger partial charge >= 0.3 is 39.5 Å². The molecular formula is C62H120O17P2. The highest BCUT2D eigenvalue weighted by Crippen LogP contribution is 2.45. The Kier molecular flexibility index (Phi) is 52.2. The molecular weight excluding hydrogens is 1080 g/mol. The molecule has 480 valence electrons. The summed E-state index contributed by atoms with van der Waals surface area (Å²) >= 11 is 0. The number of aliphatic hydroxyl groups excluding tert-OH is 1. The van der Waals surface area contributed by atoms with Gasteiger partial charge < -0.3 is 33.8 Å². The molecule has 0 spiro atoms. The Morgan fingerprint density at radius 3 is 0.938 bits per heavy atom. The molecule has 0 saturated carbocycles. The molecule has 0 bridgehead atoms. The molecule has 0 heterocycles. The van der Waals surface area contributed by atoms with Gasteiger partial charge in [0.2, 0.25) is 0 Å². The minimum absolute atomic E-state index is 0.102. The van der Waals surface area contributed by atoms with Crippen LogP contribution in [0.2, 0.25) is 0 Å². The number of hydrogen-bond acceptors (Lipinski definition) is 15. The van der Waals surface area contributed by atoms with Gasteiger partial charge in [-0.1, -0.05) is 248 Å². The van der Waals surface area contributed by atoms with Crippen molar-refractivity contribution in [1.29, 1.82) is 0 Å². The van der Waals surface area contributed by atoms with E-state index in [0.29, 0.717) is 25.7 Å². The third-order valence-electron chi connectivity index (χ3n) is 14.9. The summed E-state index contributed by atoms with van der Waals surface area (Å²) in [7, 11) is -9.88. The van der Waals surface area contributed by atoms with E-state index in [-0.39, 0.29) is 25.7 Å². The molecule has 0 aliphatic rings. The molecule has 0 radical (unpaired) electrons. The summed E-state index contributed by atoms with van der Waals surface area (Å²) in [5, 5.41) is 10.5. The lowest BCUT2D eigenvalue weighted by atomic mass is 10.00. The summed E-state index contributed by atoms with van der Waals surface area (Å²) in [4.78, 5) is 72.0. The van der Waals surface area contributed by atoms with Gasteiger partial charge in [-0.15, -0.1) is 0 Å². The Morgan fingerprint density at radius 1 is 0.358 bits per heavy atom. The monoisotopic (exact) mass is 1200 g/mol. The molecule has 4 unspecified atom stereocenters. The molecule has 0 fully saturated rings. The van der Waals surface area contributed by atoms with Gasteiger partial charge in [-0.05, 0) is 43.4 Å². The maximum atomic E-state index is 13.0. The highest BCUT2D eigenvalue weighted by Gasteiger charge is 2.30. The summed E-state index contributed by atoms with van der Waals surface area (Å²) in [5.41, 5.74) is 0. The van der Waals surface area contributed by atoms with Crippen LogP contribution in [-0.2, 0) is 65.4 Å². The summed E-state index contributed by atoms with van der Waals surface area (Å²) in [5.74, 6) is 0.0591. The SMILES string of the molecule is CCCCCCCCCCC(=O)OC[C@H](COP(=O)(O)OC[C@H](O)COP(=O)(O)OC[C@@H](COC(=O)CCCCCCCCC(C)CC)OC(=O)CCCCCCCCCCCCC(C)C)OC(=O)CCCCCCCCC(C)CC. The second-order valence-corrected chi connectivity index (χ2v) is 26.3. The predicted octanol–water partition coefficient (Wildman–Crippen LogP) is 16.7. The lowest BCUT2D eigenvalue weighted by molar-refractivity contribution is -0.161. The van der Waals surface area contributed by atoms with Crippen molar-refractivity contribution in [1.82, 2.24) is 0 Å². The first-order chi connectivity index (χ1) is 38.8. The molecule has 0 rings (SSSR count). The van der Waals surface area contributed by atoms with Crippen LogP contribution in [0.5, 0.6) is 0 Å². The second kappa shape index (κ2) is 53.5. The molecule has 7 atom stereocenters. The van der Waals surface area contributed by atoms with Crippen molar-refractivity contribution in [3.8, 4) is 0 Å². The van der Waals surface area contributed by atoms with E-state index >= 15 is 0 Å². The highest BCUT2D eigenvalue weighted by molar-refractivity contribution is 7.47. The van der Waals surface area contributed by atoms with Crippen molar-refractivity contribution < 1.29 is 80.2 Å². The molecule has 17 nitrogen and oxygen atoms in total. The Labute approximate surface area is 492 Å². The Bertz CT molecular complexity index is 1620. The standard InChI is InChI=1S/C62H120O17P2/c1-8-11-12-13-14-20-29-36-43-59(64)72-49-58(79-62(67)46-39-32-25-23-28-35-42-55(7)10-3)52-77-81(70,71)75-48-56(63)47-74-80(68,69)76-51-57(50-73-60(65)44-37-30-24-22-27-34-41-54(6)9-2)78-61(66)45-38-31-21-18-16-15-17-19-26-33-40-53(4)5/h53-58,63H,8-52H2,1-7H3,(H,68,69)(H,70,71)/t54?,55?,56-,57-,58-/m1/s1. The minimum Gasteiger partial charge on any atom is -0.462 e. The van der Waals surface area contributed by atoms with Crippen LogP contribution in [0.4, 0.5) is 0 Å². The first-order valence-corrected chi connectivity index (χ1v) is 35.4. The molecule has 0 aromatic carbocycles. The third-order valence-corrected chi connectivity index (χ3v) is 16.8. The van der Waals surface area contributed by atoms with Crippen LogP contribution < -0.4 is 0 Å². The number of phosphoric ester groups is 2. The van der Waals surface area contributed by atoms with Crippen molar-refractivity contribution >= 4 is 39.5 Å². The molecule has 3 N–H and O–H groups in total. The lowest BCUT2D eigenvalue weighted by Gasteiger charge is -2.21. The van der Waals surface area contributed by atoms with Gasteiger partial charge in [0.25, 0.3) is 0 Å². The van der Waals surface area contributed by atoms with Gasteiger partial charge in [-0.25, -0.2) is 9.13 Å². The molecule has 81 heavy (non-hydrogen) atoms. The predicted molar refractivity (Wildman–Crippen MR) is 321 cm³/mol. The van der Waals surface area contributed by atoms with Gasteiger partial charge in [-0.3, -0.25) is 37.3 Å². The van der Waals surface area contributed by atoms with E-state index < -0.39 is 97.5 Å². The van der Waals surface area contributed by atoms with Crippen LogP contribution in [0, 0.1) is 17.8 Å². The zero-order valence-corrected chi connectivity index (χ0v) is 54.0. The van der Waals surface area contributed by atoms with E-state index in [1.807, 2.05) is 0 Å². The number of hydrogen-bond donors (Lipinski definition) is 3. The van der Waals surface area contributed by atoms with E-state index in [1.165, 1.54) is 96.3 Å². The van der Waals surface area contributed by atoms with E-state index in [4.69, 9.17) is 37.0 Å². The van der Waals surface area contributed by atoms with Crippen molar-refractivity contribution in [3.05, 3.63) is 0 Å². The number of unbranched alkanes of at least 4 members (excludes halogenated alkanes) is 26. The third kappa shape index (κ3) is 54.5. The number of carbonyl (C=O) groups excluding carboxylic acids is 4. The van der Waals surface area contributed by atoms with Gasteiger partial charge in [0, 0.05) is 25.7 Å². The Hall–Kier alpha value is -1.94. The summed E-state index contributed by atoms with van der Waals surface area (Å²) in [6, 6.07) is 0. The van der Waals surface area contributed by atoms with E-state index in [2.05, 4.69) is 48.5 Å². The van der Waals surface area contributed by atoms with E-state index in [9.17, 15) is 43.2 Å². The molecule has 0 amide bonds. The summed E-state index contributed by atoms with van der Waals surface area (Å²) < 4.78 is 67.8. The Balaban J connectivity index is 5.25. The first-order valence-electron chi connectivity index (χ1n) is 32.4. The number of ether oxygens (including phenoxy) is 4. The molecule has 0 saturated heterocycles. The topological polar surface area (TPSA) is 237 Å². The number of phosphoric acid groups is 2. The van der Waals surface area contributed by atoms with Crippen molar-refractivity contribution in [3.63, 3.8) is 0 Å². The van der Waals surface area contributed by atoms with Gasteiger partial charge in [0.05, 0.1) is 26.4 Å². The zero-order valence-electron chi connectivity index (χ0n) is 52.2. The van der Waals surface area contributed by atoms with E-state index in [1.54, 1.807) is 0 Å². The van der Waals surface area contributed by atoms with Gasteiger partial charge in [0.1, 0.15) is 19.3 Å². The zero-order chi connectivity index (χ0) is 60.3. The van der Waals surface area contributed by atoms with Crippen LogP contribution in [-0.4, -0.2) is 96.7 Å². The van der Waals surface area contributed by atoms with Crippen molar-refractivity contribution in [2.75, 3.05) is 39.6 Å². The van der Waals surface area contributed by atoms with Crippen LogP contribution in [0.25, 0.3) is 0 Å². The fourth-order valence-electron chi connectivity index (χ4n) is 9.06. The lowest BCUT2D eigenvalue weighted by Crippen LogP contribution is -2.30. The van der Waals surface area contributed by atoms with Gasteiger partial charge in [0.15, 0.2) is 12.2 Å². The molecule has 0 aromatic rings. The van der Waals surface area contributed by atoms with Crippen LogP contribution >= 0.6 is 15.6 Å². The highest BCUT2D eigenvalue weighted by atomic mass is 31.2. The van der Waals surface area contributed by atoms with Gasteiger partial charge in [-0.2, -0.15) is 0 Å². The smallest absolute Gasteiger partial charge is 0.462 e. The summed E-state index contributed by atoms with van der Waals surface area (Å²) in [6.07, 6.45) is 33.5. The Morgan fingerprint density at radius 2 is 0.630 bits per heavy atom. The van der Waals surface area contributed by atoms with Crippen LogP contribution in [0.3, 0.4) is 0 Å². The molecule has 0 aliphatic carbocycles. The quantitative estimate of drug-likeness (QED) is 0.0222. The van der Waals surface area contributed by atoms with Crippen LogP contribution in [0.15, 0.2) is 0 Å². The first kappa shape index (κ1) is 79.1. The minimum atomic E-state index is -4.94. The fourth-order valence-corrected chi connectivity index (χ4v) is 10.6. The fraction of sp³-hybridized carbons (Fsp3) is 0.935. The average molecular weight is 1200 g/mol. The maximum absolute atomic E-state index is 13.0. The summed E-state index contributed by atoms with van der Waals surface area (Å²) in [6.45, 7) is 11.7. The number of rotatable bonds is 60. The average Bonchev–Trinajstić information content (AvgIpc) is 3.43. The number of aliphatic hydroxyl groups is 1. The van der Waals surface area contributed by atoms with Crippen LogP contribution in [0.1, 0.15) is 299 Å². The largest absolute Gasteiger partial charge is 0.472 e. The second-order valence-electron chi connectivity index (χ2n) is 23.4. The number of esters is 4.